The first-order chi connectivity index (χ1) is 19.1. The van der Waals surface area contributed by atoms with Crippen molar-refractivity contribution in [2.24, 2.45) is 0 Å². The largest absolute Gasteiger partial charge is 0.416 e. The Morgan fingerprint density at radius 1 is 1.12 bits per heavy atom. The second-order valence-corrected chi connectivity index (χ2v) is 13.6. The van der Waals surface area contributed by atoms with Crippen LogP contribution < -0.4 is 16.0 Å². The van der Waals surface area contributed by atoms with Crippen molar-refractivity contribution in [3.63, 3.8) is 0 Å². The Balaban J connectivity index is 1.51. The van der Waals surface area contributed by atoms with Crippen LogP contribution in [0.15, 0.2) is 41.3 Å². The van der Waals surface area contributed by atoms with E-state index in [4.69, 9.17) is 0 Å². The average molecular weight is 595 g/mol. The zero-order valence-electron chi connectivity index (χ0n) is 23.7. The highest BCUT2D eigenvalue weighted by Crippen LogP contribution is 2.35. The van der Waals surface area contributed by atoms with E-state index in [0.717, 1.165) is 46.0 Å². The van der Waals surface area contributed by atoms with Crippen molar-refractivity contribution >= 4 is 21.8 Å². The molecule has 12 heteroatoms. The van der Waals surface area contributed by atoms with E-state index in [9.17, 15) is 31.2 Å². The van der Waals surface area contributed by atoms with Crippen molar-refractivity contribution in [3.05, 3.63) is 64.2 Å². The number of halogens is 3. The van der Waals surface area contributed by atoms with Crippen LogP contribution in [0.2, 0.25) is 0 Å². The molecule has 2 aromatic rings. The molecule has 1 fully saturated rings. The number of alkyl halides is 3. The molecule has 2 aliphatic rings. The van der Waals surface area contributed by atoms with E-state index in [-0.39, 0.29) is 30.2 Å². The predicted molar refractivity (Wildman–Crippen MR) is 148 cm³/mol. The maximum Gasteiger partial charge on any atom is 0.416 e. The van der Waals surface area contributed by atoms with E-state index in [1.165, 1.54) is 6.92 Å². The Labute approximate surface area is 239 Å². The van der Waals surface area contributed by atoms with E-state index in [0.29, 0.717) is 19.0 Å². The topological polar surface area (TPSA) is 108 Å². The zero-order chi connectivity index (χ0) is 30.2. The van der Waals surface area contributed by atoms with Crippen LogP contribution in [0.25, 0.3) is 0 Å². The van der Waals surface area contributed by atoms with Crippen molar-refractivity contribution in [3.8, 4) is 0 Å². The van der Waals surface area contributed by atoms with Gasteiger partial charge in [-0.05, 0) is 81.3 Å². The highest BCUT2D eigenvalue weighted by Gasteiger charge is 2.41. The van der Waals surface area contributed by atoms with E-state index in [1.54, 1.807) is 0 Å². The molecule has 1 heterocycles. The number of aryl methyl sites for hydroxylation is 2. The molecular weight excluding hydrogens is 557 g/mol. The third-order valence-electron chi connectivity index (χ3n) is 7.46. The van der Waals surface area contributed by atoms with Gasteiger partial charge in [0.2, 0.25) is 21.8 Å². The van der Waals surface area contributed by atoms with Crippen LogP contribution in [0.5, 0.6) is 0 Å². The molecule has 1 aliphatic carbocycles. The molecule has 3 N–H and O–H groups in total. The molecule has 0 saturated carbocycles. The Hall–Kier alpha value is -2.96. The zero-order valence-corrected chi connectivity index (χ0v) is 24.5. The highest BCUT2D eigenvalue weighted by molar-refractivity contribution is 7.89. The number of amides is 2. The normalized spacial score (nSPS) is 20.3. The monoisotopic (exact) mass is 594 g/mol. The first kappa shape index (κ1) is 31.0. The van der Waals surface area contributed by atoms with Gasteiger partial charge in [0.1, 0.15) is 6.04 Å². The summed E-state index contributed by atoms with van der Waals surface area (Å²) in [7, 11) is -4.51. The maximum absolute atomic E-state index is 13.5. The van der Waals surface area contributed by atoms with E-state index < -0.39 is 50.9 Å². The van der Waals surface area contributed by atoms with Gasteiger partial charge in [0.15, 0.2) is 0 Å². The van der Waals surface area contributed by atoms with Crippen molar-refractivity contribution in [1.82, 2.24) is 20.3 Å². The van der Waals surface area contributed by atoms with Crippen LogP contribution >= 0.6 is 0 Å². The fourth-order valence-electron chi connectivity index (χ4n) is 5.30. The lowest BCUT2D eigenvalue weighted by atomic mass is 9.86. The summed E-state index contributed by atoms with van der Waals surface area (Å²) >= 11 is 0. The Kier molecular flexibility index (Phi) is 8.87. The van der Waals surface area contributed by atoms with E-state index in [2.05, 4.69) is 42.8 Å². The van der Waals surface area contributed by atoms with Crippen LogP contribution in [0.4, 0.5) is 13.2 Å². The fraction of sp³-hybridized carbons (Fsp3) is 0.517. The number of hydrogen-bond acceptors (Lipinski definition) is 5. The second kappa shape index (κ2) is 11.7. The van der Waals surface area contributed by atoms with Crippen LogP contribution in [-0.2, 0) is 38.8 Å². The molecule has 0 aromatic heterocycles. The molecule has 1 saturated heterocycles. The van der Waals surface area contributed by atoms with E-state index in [1.807, 2.05) is 12.1 Å². The first-order valence-electron chi connectivity index (χ1n) is 13.7. The van der Waals surface area contributed by atoms with Crippen molar-refractivity contribution in [2.45, 2.75) is 88.6 Å². The summed E-state index contributed by atoms with van der Waals surface area (Å²) in [6, 6.07) is 7.23. The molecule has 41 heavy (non-hydrogen) atoms. The lowest BCUT2D eigenvalue weighted by molar-refractivity contribution is -0.138. The van der Waals surface area contributed by atoms with Gasteiger partial charge in [0.25, 0.3) is 0 Å². The Morgan fingerprint density at radius 2 is 1.85 bits per heavy atom. The van der Waals surface area contributed by atoms with Gasteiger partial charge in [-0.1, -0.05) is 24.3 Å². The molecule has 8 nitrogen and oxygen atoms in total. The number of nitrogens with zero attached hydrogens (tertiary/aromatic N) is 1. The minimum absolute atomic E-state index is 0.0173. The van der Waals surface area contributed by atoms with Gasteiger partial charge in [-0.15, -0.1) is 0 Å². The van der Waals surface area contributed by atoms with Gasteiger partial charge in [-0.25, -0.2) is 8.42 Å². The fourth-order valence-corrected chi connectivity index (χ4v) is 6.92. The van der Waals surface area contributed by atoms with Gasteiger partial charge in [-0.3, -0.25) is 9.59 Å². The summed E-state index contributed by atoms with van der Waals surface area (Å²) in [5.74, 6) is -1.18. The number of carbonyl (C=O) groups is 2. The molecular formula is C29H37F3N4O4S. The number of sulfonamides is 1. The predicted octanol–water partition coefficient (Wildman–Crippen LogP) is 3.97. The number of hydrogen-bond donors (Lipinski definition) is 3. The standard InChI is InChI=1S/C29H37F3N4O4S/c1-18-8-10-21(15-23(18)29(30,31)32)41(39,40)36-13-12-33-27(38)25(36)16-26(37)35-24-7-5-6-20-14-19(9-11-22(20)24)17-34-28(2,3)4/h8-11,14-15,24-25,34H,5-7,12-13,16-17H2,1-4H3,(H,33,38)(H,35,37)/t24-,25-/m1/s1. The number of piperazine rings is 1. The number of nitrogens with one attached hydrogen (secondary N) is 3. The minimum Gasteiger partial charge on any atom is -0.353 e. The number of benzene rings is 2. The van der Waals surface area contributed by atoms with Crippen LogP contribution in [0.3, 0.4) is 0 Å². The summed E-state index contributed by atoms with van der Waals surface area (Å²) < 4.78 is 68.2. The SMILES string of the molecule is Cc1ccc(S(=O)(=O)N2CCNC(=O)[C@H]2CC(=O)N[C@@H]2CCCc3cc(CNC(C)(C)C)ccc32)cc1C(F)(F)F. The molecule has 2 aromatic carbocycles. The second-order valence-electron chi connectivity index (χ2n) is 11.8. The number of fused-ring (bicyclic) bond motifs is 1. The molecule has 0 spiro atoms. The lowest BCUT2D eigenvalue weighted by Gasteiger charge is -2.34. The summed E-state index contributed by atoms with van der Waals surface area (Å²) in [5.41, 5.74) is 2.04. The number of carbonyl (C=O) groups excluding carboxylic acids is 2. The van der Waals surface area contributed by atoms with E-state index >= 15 is 0 Å². The molecule has 2 atom stereocenters. The molecule has 0 radical (unpaired) electrons. The molecule has 0 unspecified atom stereocenters. The highest BCUT2D eigenvalue weighted by atomic mass is 32.2. The quantitative estimate of drug-likeness (QED) is 0.450. The molecule has 1 aliphatic heterocycles. The molecule has 4 rings (SSSR count). The summed E-state index contributed by atoms with van der Waals surface area (Å²) in [5, 5.41) is 9.00. The first-order valence-corrected chi connectivity index (χ1v) is 15.1. The lowest BCUT2D eigenvalue weighted by Crippen LogP contribution is -2.58. The third kappa shape index (κ3) is 7.28. The Morgan fingerprint density at radius 3 is 2.54 bits per heavy atom. The average Bonchev–Trinajstić information content (AvgIpc) is 2.87. The Bertz CT molecular complexity index is 1420. The smallest absolute Gasteiger partial charge is 0.353 e. The van der Waals surface area contributed by atoms with Crippen molar-refractivity contribution in [2.75, 3.05) is 13.1 Å². The minimum atomic E-state index is -4.74. The third-order valence-corrected chi connectivity index (χ3v) is 9.37. The summed E-state index contributed by atoms with van der Waals surface area (Å²) in [4.78, 5) is 25.4. The maximum atomic E-state index is 13.5. The van der Waals surface area contributed by atoms with Gasteiger partial charge in [-0.2, -0.15) is 17.5 Å². The molecule has 224 valence electrons. The van der Waals surface area contributed by atoms with Gasteiger partial charge >= 0.3 is 6.18 Å². The number of rotatable bonds is 7. The van der Waals surface area contributed by atoms with Crippen LogP contribution in [0.1, 0.15) is 73.9 Å². The summed E-state index contributed by atoms with van der Waals surface area (Å²) in [6.07, 6.45) is -2.77. The van der Waals surface area contributed by atoms with Crippen molar-refractivity contribution in [1.29, 1.82) is 0 Å². The molecule has 2 amide bonds. The van der Waals surface area contributed by atoms with Crippen molar-refractivity contribution < 1.29 is 31.2 Å². The van der Waals surface area contributed by atoms with Gasteiger partial charge in [0, 0.05) is 25.2 Å². The van der Waals surface area contributed by atoms with Gasteiger partial charge in [0.05, 0.1) is 22.9 Å². The van der Waals surface area contributed by atoms with Gasteiger partial charge < -0.3 is 16.0 Å². The van der Waals surface area contributed by atoms with Crippen LogP contribution in [0, 0.1) is 6.92 Å². The summed E-state index contributed by atoms with van der Waals surface area (Å²) in [6.45, 7) is 8.05. The molecule has 0 bridgehead atoms. The van der Waals surface area contributed by atoms with Crippen LogP contribution in [-0.4, -0.2) is 49.2 Å².